The van der Waals surface area contributed by atoms with Crippen molar-refractivity contribution in [3.8, 4) is 0 Å². The third-order valence-corrected chi connectivity index (χ3v) is 5.22. The van der Waals surface area contributed by atoms with E-state index in [4.69, 9.17) is 0 Å². The average molecular weight is 273 g/mol. The summed E-state index contributed by atoms with van der Waals surface area (Å²) in [6.07, 6.45) is 9.43. The van der Waals surface area contributed by atoms with Crippen LogP contribution in [0, 0.1) is 5.41 Å². The van der Waals surface area contributed by atoms with Crippen molar-refractivity contribution < 1.29 is 0 Å². The van der Waals surface area contributed by atoms with E-state index in [0.29, 0.717) is 11.5 Å². The SMILES string of the molecule is CCCc1ccc(C(C)NCC2(CC)CCCC2)cc1. The van der Waals surface area contributed by atoms with Crippen molar-refractivity contribution in [3.05, 3.63) is 35.4 Å². The highest BCUT2D eigenvalue weighted by atomic mass is 14.9. The van der Waals surface area contributed by atoms with Crippen LogP contribution >= 0.6 is 0 Å². The lowest BCUT2D eigenvalue weighted by atomic mass is 9.83. The average Bonchev–Trinajstić information content (AvgIpc) is 2.95. The molecule has 1 aliphatic carbocycles. The molecule has 1 atom stereocenters. The van der Waals surface area contributed by atoms with Gasteiger partial charge in [0, 0.05) is 12.6 Å². The van der Waals surface area contributed by atoms with Crippen LogP contribution in [0.25, 0.3) is 0 Å². The van der Waals surface area contributed by atoms with Crippen LogP contribution in [-0.2, 0) is 6.42 Å². The van der Waals surface area contributed by atoms with Gasteiger partial charge in [-0.1, -0.05) is 57.4 Å². The Morgan fingerprint density at radius 1 is 1.10 bits per heavy atom. The third-order valence-electron chi connectivity index (χ3n) is 5.22. The van der Waals surface area contributed by atoms with Crippen LogP contribution in [0.1, 0.15) is 76.5 Å². The number of hydrogen-bond donors (Lipinski definition) is 1. The molecule has 1 aromatic rings. The van der Waals surface area contributed by atoms with Crippen molar-refractivity contribution in [1.29, 1.82) is 0 Å². The van der Waals surface area contributed by atoms with E-state index < -0.39 is 0 Å². The summed E-state index contributed by atoms with van der Waals surface area (Å²) in [5.41, 5.74) is 3.47. The van der Waals surface area contributed by atoms with E-state index in [2.05, 4.69) is 50.4 Å². The lowest BCUT2D eigenvalue weighted by Gasteiger charge is -2.30. The van der Waals surface area contributed by atoms with Gasteiger partial charge in [-0.2, -0.15) is 0 Å². The van der Waals surface area contributed by atoms with E-state index in [1.807, 2.05) is 0 Å². The minimum Gasteiger partial charge on any atom is -0.310 e. The second kappa shape index (κ2) is 7.26. The monoisotopic (exact) mass is 273 g/mol. The first-order valence-corrected chi connectivity index (χ1v) is 8.51. The summed E-state index contributed by atoms with van der Waals surface area (Å²) < 4.78 is 0. The molecule has 1 saturated carbocycles. The zero-order valence-corrected chi connectivity index (χ0v) is 13.5. The van der Waals surface area contributed by atoms with Crippen LogP contribution in [0.15, 0.2) is 24.3 Å². The molecule has 20 heavy (non-hydrogen) atoms. The normalized spacial score (nSPS) is 19.1. The molecule has 2 rings (SSSR count). The molecule has 1 nitrogen and oxygen atoms in total. The predicted octanol–water partition coefficient (Wildman–Crippen LogP) is 5.26. The van der Waals surface area contributed by atoms with Crippen LogP contribution in [0.5, 0.6) is 0 Å². The summed E-state index contributed by atoms with van der Waals surface area (Å²) in [6, 6.07) is 9.66. The molecule has 0 aromatic heterocycles. The molecule has 0 bridgehead atoms. The molecule has 1 aliphatic rings. The second-order valence-electron chi connectivity index (χ2n) is 6.65. The first-order chi connectivity index (χ1) is 9.69. The molecule has 0 amide bonds. The van der Waals surface area contributed by atoms with Crippen LogP contribution in [0.2, 0.25) is 0 Å². The van der Waals surface area contributed by atoms with Gasteiger partial charge in [0.25, 0.3) is 0 Å². The maximum atomic E-state index is 3.78. The summed E-state index contributed by atoms with van der Waals surface area (Å²) in [6.45, 7) is 8.08. The molecule has 0 radical (unpaired) electrons. The first-order valence-electron chi connectivity index (χ1n) is 8.51. The van der Waals surface area contributed by atoms with Gasteiger partial charge >= 0.3 is 0 Å². The molecule has 0 spiro atoms. The molecule has 1 aromatic carbocycles. The Morgan fingerprint density at radius 2 is 1.75 bits per heavy atom. The van der Waals surface area contributed by atoms with Gasteiger partial charge in [0.2, 0.25) is 0 Å². The fourth-order valence-corrected chi connectivity index (χ4v) is 3.53. The maximum absolute atomic E-state index is 3.78. The number of hydrogen-bond acceptors (Lipinski definition) is 1. The highest BCUT2D eigenvalue weighted by Gasteiger charge is 2.31. The summed E-state index contributed by atoms with van der Waals surface area (Å²) in [4.78, 5) is 0. The predicted molar refractivity (Wildman–Crippen MR) is 88.0 cm³/mol. The molecule has 1 heteroatoms. The summed E-state index contributed by atoms with van der Waals surface area (Å²) in [5, 5.41) is 3.78. The molecule has 1 unspecified atom stereocenters. The van der Waals surface area contributed by atoms with Crippen LogP contribution < -0.4 is 5.32 Å². The van der Waals surface area contributed by atoms with Gasteiger partial charge in [0.05, 0.1) is 0 Å². The minimum atomic E-state index is 0.467. The highest BCUT2D eigenvalue weighted by Crippen LogP contribution is 2.40. The lowest BCUT2D eigenvalue weighted by molar-refractivity contribution is 0.259. The van der Waals surface area contributed by atoms with E-state index in [9.17, 15) is 0 Å². The van der Waals surface area contributed by atoms with E-state index in [1.54, 1.807) is 0 Å². The molecular formula is C19H31N. The van der Waals surface area contributed by atoms with Gasteiger partial charge in [-0.3, -0.25) is 0 Å². The van der Waals surface area contributed by atoms with Crippen molar-refractivity contribution >= 4 is 0 Å². The van der Waals surface area contributed by atoms with Crippen molar-refractivity contribution in [1.82, 2.24) is 5.32 Å². The number of nitrogens with one attached hydrogen (secondary N) is 1. The smallest absolute Gasteiger partial charge is 0.0292 e. The highest BCUT2D eigenvalue weighted by molar-refractivity contribution is 5.24. The maximum Gasteiger partial charge on any atom is 0.0292 e. The summed E-state index contributed by atoms with van der Waals surface area (Å²) >= 11 is 0. The van der Waals surface area contributed by atoms with Crippen LogP contribution in [0.4, 0.5) is 0 Å². The second-order valence-corrected chi connectivity index (χ2v) is 6.65. The van der Waals surface area contributed by atoms with Crippen LogP contribution in [0.3, 0.4) is 0 Å². The van der Waals surface area contributed by atoms with Crippen molar-refractivity contribution in [2.45, 2.75) is 71.8 Å². The first kappa shape index (κ1) is 15.6. The van der Waals surface area contributed by atoms with Gasteiger partial charge in [0.1, 0.15) is 0 Å². The minimum absolute atomic E-state index is 0.467. The summed E-state index contributed by atoms with van der Waals surface area (Å²) in [7, 11) is 0. The molecule has 112 valence electrons. The van der Waals surface area contributed by atoms with Crippen LogP contribution in [-0.4, -0.2) is 6.54 Å². The molecule has 1 fully saturated rings. The van der Waals surface area contributed by atoms with Gasteiger partial charge in [0.15, 0.2) is 0 Å². The van der Waals surface area contributed by atoms with E-state index >= 15 is 0 Å². The van der Waals surface area contributed by atoms with Gasteiger partial charge < -0.3 is 5.32 Å². The topological polar surface area (TPSA) is 12.0 Å². The Bertz CT molecular complexity index is 387. The zero-order chi connectivity index (χ0) is 14.4. The van der Waals surface area contributed by atoms with E-state index in [1.165, 1.54) is 62.6 Å². The molecular weight excluding hydrogens is 242 g/mol. The molecule has 0 saturated heterocycles. The van der Waals surface area contributed by atoms with Crippen molar-refractivity contribution in [2.75, 3.05) is 6.54 Å². The van der Waals surface area contributed by atoms with E-state index in [-0.39, 0.29) is 0 Å². The fraction of sp³-hybridized carbons (Fsp3) is 0.684. The lowest BCUT2D eigenvalue weighted by Crippen LogP contribution is -2.33. The molecule has 1 N–H and O–H groups in total. The van der Waals surface area contributed by atoms with E-state index in [0.717, 1.165) is 0 Å². The van der Waals surface area contributed by atoms with Crippen molar-refractivity contribution in [2.24, 2.45) is 5.41 Å². The van der Waals surface area contributed by atoms with Gasteiger partial charge in [-0.25, -0.2) is 0 Å². The van der Waals surface area contributed by atoms with Crippen molar-refractivity contribution in [3.63, 3.8) is 0 Å². The quantitative estimate of drug-likeness (QED) is 0.714. The van der Waals surface area contributed by atoms with Gasteiger partial charge in [-0.15, -0.1) is 0 Å². The fourth-order valence-electron chi connectivity index (χ4n) is 3.53. The Labute approximate surface area is 125 Å². The van der Waals surface area contributed by atoms with Gasteiger partial charge in [-0.05, 0) is 49.1 Å². The molecule has 0 aliphatic heterocycles. The largest absolute Gasteiger partial charge is 0.310 e. The summed E-state index contributed by atoms with van der Waals surface area (Å²) in [5.74, 6) is 0. The molecule has 0 heterocycles. The zero-order valence-electron chi connectivity index (χ0n) is 13.5. The standard InChI is InChI=1S/C19H31N/c1-4-8-17-9-11-18(12-10-17)16(3)20-15-19(5-2)13-6-7-14-19/h9-12,16,20H,4-8,13-15H2,1-3H3. The third kappa shape index (κ3) is 3.85. The Hall–Kier alpha value is -0.820. The number of rotatable bonds is 7. The Morgan fingerprint density at radius 3 is 2.30 bits per heavy atom. The Balaban J connectivity index is 1.89. The number of benzene rings is 1. The number of aryl methyl sites for hydroxylation is 1. The Kier molecular flexibility index (Phi) is 5.65.